The molecule has 0 N–H and O–H groups in total. The van der Waals surface area contributed by atoms with Crippen LogP contribution in [0.25, 0.3) is 5.65 Å². The van der Waals surface area contributed by atoms with Crippen molar-refractivity contribution in [2.45, 2.75) is 13.1 Å². The average molecular weight is 229 g/mol. The summed E-state index contributed by atoms with van der Waals surface area (Å²) in [5.41, 5.74) is -0.762. The summed E-state index contributed by atoms with van der Waals surface area (Å²) in [5.74, 6) is -0.279. The third-order valence-corrected chi connectivity index (χ3v) is 2.01. The molecule has 0 saturated heterocycles. The van der Waals surface area contributed by atoms with Crippen LogP contribution >= 0.6 is 0 Å². The topological polar surface area (TPSA) is 47.3 Å². The van der Waals surface area contributed by atoms with Gasteiger partial charge < -0.3 is 0 Å². The highest BCUT2D eigenvalue weighted by atomic mass is 19.4. The molecule has 0 unspecified atom stereocenters. The molecule has 2 aromatic rings. The molecule has 0 radical (unpaired) electrons. The fourth-order valence-corrected chi connectivity index (χ4v) is 1.20. The number of halogens is 3. The number of carbonyl (C=O) groups excluding carboxylic acids is 1. The van der Waals surface area contributed by atoms with E-state index in [1.807, 2.05) is 0 Å². The summed E-state index contributed by atoms with van der Waals surface area (Å²) in [4.78, 5) is 14.7. The Morgan fingerprint density at radius 1 is 1.44 bits per heavy atom. The Hall–Kier alpha value is -1.92. The second-order valence-electron chi connectivity index (χ2n) is 3.23. The zero-order valence-corrected chi connectivity index (χ0v) is 8.12. The van der Waals surface area contributed by atoms with E-state index in [1.54, 1.807) is 0 Å². The Morgan fingerprint density at radius 2 is 2.12 bits per heavy atom. The molecule has 7 heteroatoms. The second-order valence-corrected chi connectivity index (χ2v) is 3.23. The molecule has 2 rings (SSSR count). The number of nitrogens with zero attached hydrogens (tertiary/aromatic N) is 3. The van der Waals surface area contributed by atoms with Crippen molar-refractivity contribution in [2.75, 3.05) is 0 Å². The van der Waals surface area contributed by atoms with Crippen LogP contribution in [-0.4, -0.2) is 20.4 Å². The van der Waals surface area contributed by atoms with Crippen LogP contribution in [0.15, 0.2) is 18.5 Å². The molecule has 16 heavy (non-hydrogen) atoms. The van der Waals surface area contributed by atoms with E-state index in [-0.39, 0.29) is 17.0 Å². The fourth-order valence-electron chi connectivity index (χ4n) is 1.20. The predicted molar refractivity (Wildman–Crippen MR) is 48.0 cm³/mol. The van der Waals surface area contributed by atoms with E-state index in [4.69, 9.17) is 0 Å². The SMILES string of the molecule is CC(=O)c1cnc2cc(C(F)(F)F)nn2c1. The molecular weight excluding hydrogens is 223 g/mol. The summed E-state index contributed by atoms with van der Waals surface area (Å²) in [5, 5.41) is 3.30. The number of carbonyl (C=O) groups is 1. The first-order chi connectivity index (χ1) is 7.38. The number of rotatable bonds is 1. The van der Waals surface area contributed by atoms with E-state index in [0.29, 0.717) is 0 Å². The minimum Gasteiger partial charge on any atom is -0.294 e. The molecular formula is C9H6F3N3O. The normalized spacial score (nSPS) is 12.0. The smallest absolute Gasteiger partial charge is 0.294 e. The number of hydrogen-bond acceptors (Lipinski definition) is 3. The van der Waals surface area contributed by atoms with Crippen LogP contribution in [0.4, 0.5) is 13.2 Å². The van der Waals surface area contributed by atoms with Crippen LogP contribution in [-0.2, 0) is 6.18 Å². The third-order valence-electron chi connectivity index (χ3n) is 2.01. The Kier molecular flexibility index (Phi) is 2.18. The lowest BCUT2D eigenvalue weighted by molar-refractivity contribution is -0.141. The number of Topliss-reactive ketones (excluding diaryl/α,β-unsaturated/α-hetero) is 1. The number of alkyl halides is 3. The largest absolute Gasteiger partial charge is 0.435 e. The highest BCUT2D eigenvalue weighted by Crippen LogP contribution is 2.28. The van der Waals surface area contributed by atoms with E-state index in [1.165, 1.54) is 19.3 Å². The monoisotopic (exact) mass is 229 g/mol. The first kappa shape index (κ1) is 10.6. The highest BCUT2D eigenvalue weighted by Gasteiger charge is 2.34. The molecule has 0 aliphatic carbocycles. The zero-order chi connectivity index (χ0) is 11.9. The van der Waals surface area contributed by atoms with Gasteiger partial charge in [0.2, 0.25) is 0 Å². The molecule has 4 nitrogen and oxygen atoms in total. The van der Waals surface area contributed by atoms with Crippen molar-refractivity contribution in [2.24, 2.45) is 0 Å². The minimum atomic E-state index is -4.51. The molecule has 0 aliphatic rings. The van der Waals surface area contributed by atoms with Gasteiger partial charge in [-0.1, -0.05) is 0 Å². The van der Waals surface area contributed by atoms with Crippen molar-refractivity contribution in [1.82, 2.24) is 14.6 Å². The first-order valence-electron chi connectivity index (χ1n) is 4.31. The molecule has 0 bridgehead atoms. The van der Waals surface area contributed by atoms with Crippen molar-refractivity contribution < 1.29 is 18.0 Å². The maximum atomic E-state index is 12.3. The van der Waals surface area contributed by atoms with Crippen LogP contribution in [0.3, 0.4) is 0 Å². The quantitative estimate of drug-likeness (QED) is 0.702. The standard InChI is InChI=1S/C9H6F3N3O/c1-5(16)6-3-13-8-2-7(9(10,11)12)14-15(8)4-6/h2-4H,1H3. The number of aromatic nitrogens is 3. The molecule has 0 saturated carbocycles. The molecule has 0 spiro atoms. The predicted octanol–water partition coefficient (Wildman–Crippen LogP) is 1.95. The summed E-state index contributed by atoms with van der Waals surface area (Å²) < 4.78 is 37.9. The molecule has 0 aromatic carbocycles. The van der Waals surface area contributed by atoms with Gasteiger partial charge >= 0.3 is 6.18 Å². The van der Waals surface area contributed by atoms with Gasteiger partial charge in [0.25, 0.3) is 0 Å². The summed E-state index contributed by atoms with van der Waals surface area (Å²) in [6, 6.07) is 0.823. The third kappa shape index (κ3) is 1.75. The lowest BCUT2D eigenvalue weighted by atomic mass is 10.2. The second kappa shape index (κ2) is 3.29. The van der Waals surface area contributed by atoms with Gasteiger partial charge in [0, 0.05) is 18.5 Å². The lowest BCUT2D eigenvalue weighted by Gasteiger charge is -1.98. The lowest BCUT2D eigenvalue weighted by Crippen LogP contribution is -2.06. The summed E-state index contributed by atoms with van der Waals surface area (Å²) >= 11 is 0. The molecule has 0 aliphatic heterocycles. The molecule has 0 atom stereocenters. The maximum absolute atomic E-state index is 12.3. The van der Waals surface area contributed by atoms with Crippen molar-refractivity contribution in [1.29, 1.82) is 0 Å². The molecule has 2 heterocycles. The Morgan fingerprint density at radius 3 is 2.69 bits per heavy atom. The highest BCUT2D eigenvalue weighted by molar-refractivity contribution is 5.93. The van der Waals surface area contributed by atoms with Gasteiger partial charge in [-0.25, -0.2) is 9.50 Å². The average Bonchev–Trinajstić information content (AvgIpc) is 2.58. The molecule has 84 valence electrons. The van der Waals surface area contributed by atoms with Crippen LogP contribution < -0.4 is 0 Å². The van der Waals surface area contributed by atoms with E-state index < -0.39 is 11.9 Å². The van der Waals surface area contributed by atoms with E-state index >= 15 is 0 Å². The minimum absolute atomic E-state index is 0.0531. The van der Waals surface area contributed by atoms with Gasteiger partial charge in [0.15, 0.2) is 17.1 Å². The van der Waals surface area contributed by atoms with Crippen molar-refractivity contribution in [3.05, 3.63) is 29.7 Å². The summed E-state index contributed by atoms with van der Waals surface area (Å²) in [6.07, 6.45) is -2.07. The number of hydrogen-bond donors (Lipinski definition) is 0. The maximum Gasteiger partial charge on any atom is 0.435 e. The first-order valence-corrected chi connectivity index (χ1v) is 4.31. The van der Waals surface area contributed by atoms with Gasteiger partial charge in [-0.05, 0) is 6.92 Å². The number of fused-ring (bicyclic) bond motifs is 1. The Bertz CT molecular complexity index is 559. The molecule has 2 aromatic heterocycles. The van der Waals surface area contributed by atoms with Crippen molar-refractivity contribution in [3.63, 3.8) is 0 Å². The van der Waals surface area contributed by atoms with E-state index in [0.717, 1.165) is 10.6 Å². The van der Waals surface area contributed by atoms with Crippen molar-refractivity contribution in [3.8, 4) is 0 Å². The fraction of sp³-hybridized carbons (Fsp3) is 0.222. The zero-order valence-electron chi connectivity index (χ0n) is 8.12. The van der Waals surface area contributed by atoms with Crippen molar-refractivity contribution >= 4 is 11.4 Å². The van der Waals surface area contributed by atoms with Crippen LogP contribution in [0.1, 0.15) is 23.0 Å². The summed E-state index contributed by atoms with van der Waals surface area (Å²) in [7, 11) is 0. The Labute approximate surface area is 87.7 Å². The van der Waals surface area contributed by atoms with Gasteiger partial charge in [-0.15, -0.1) is 0 Å². The summed E-state index contributed by atoms with van der Waals surface area (Å²) in [6.45, 7) is 1.30. The molecule has 0 amide bonds. The van der Waals surface area contributed by atoms with Gasteiger partial charge in [-0.2, -0.15) is 18.3 Å². The van der Waals surface area contributed by atoms with Crippen LogP contribution in [0.5, 0.6) is 0 Å². The Balaban J connectivity index is 2.59. The van der Waals surface area contributed by atoms with Gasteiger partial charge in [0.05, 0.1) is 5.56 Å². The van der Waals surface area contributed by atoms with Gasteiger partial charge in [0.1, 0.15) is 0 Å². The number of ketones is 1. The van der Waals surface area contributed by atoms with E-state index in [2.05, 4.69) is 10.1 Å². The van der Waals surface area contributed by atoms with Crippen LogP contribution in [0, 0.1) is 0 Å². The van der Waals surface area contributed by atoms with E-state index in [9.17, 15) is 18.0 Å². The van der Waals surface area contributed by atoms with Crippen LogP contribution in [0.2, 0.25) is 0 Å². The molecule has 0 fully saturated rings. The van der Waals surface area contributed by atoms with Gasteiger partial charge in [-0.3, -0.25) is 4.79 Å².